The second kappa shape index (κ2) is 6.31. The highest BCUT2D eigenvalue weighted by molar-refractivity contribution is 5.74. The predicted molar refractivity (Wildman–Crippen MR) is 75.6 cm³/mol. The fourth-order valence-corrected chi connectivity index (χ4v) is 3.53. The molecule has 2 amide bonds. The standard InChI is InChI=1S/C15H26N2O3/c1-19-10-11-3-2-7-17(9-11)15(18)16-13-6-8-20-14(13)12-4-5-12/h11-14H,2-10H2,1H3,(H,16,18)/t11-,13+,14+/m1/s1. The Labute approximate surface area is 121 Å². The van der Waals surface area contributed by atoms with E-state index in [1.54, 1.807) is 7.11 Å². The van der Waals surface area contributed by atoms with Crippen molar-refractivity contribution < 1.29 is 14.3 Å². The molecule has 0 bridgehead atoms. The van der Waals surface area contributed by atoms with Gasteiger partial charge in [-0.05, 0) is 38.0 Å². The van der Waals surface area contributed by atoms with Crippen LogP contribution in [-0.4, -0.2) is 56.5 Å². The molecule has 0 spiro atoms. The topological polar surface area (TPSA) is 50.8 Å². The van der Waals surface area contributed by atoms with Gasteiger partial charge in [-0.25, -0.2) is 4.79 Å². The zero-order chi connectivity index (χ0) is 13.9. The summed E-state index contributed by atoms with van der Waals surface area (Å²) in [5, 5.41) is 3.20. The van der Waals surface area contributed by atoms with Gasteiger partial charge in [0.1, 0.15) is 0 Å². The molecule has 5 nitrogen and oxygen atoms in total. The Balaban J connectivity index is 1.50. The number of nitrogens with zero attached hydrogens (tertiary/aromatic N) is 1. The Morgan fingerprint density at radius 1 is 1.35 bits per heavy atom. The smallest absolute Gasteiger partial charge is 0.317 e. The normalized spacial score (nSPS) is 34.2. The molecule has 2 saturated heterocycles. The number of piperidine rings is 1. The lowest BCUT2D eigenvalue weighted by molar-refractivity contribution is 0.0769. The molecule has 20 heavy (non-hydrogen) atoms. The molecule has 0 radical (unpaired) electrons. The second-order valence-electron chi connectivity index (χ2n) is 6.43. The van der Waals surface area contributed by atoms with Crippen molar-refractivity contribution in [1.82, 2.24) is 10.2 Å². The van der Waals surface area contributed by atoms with E-state index in [0.29, 0.717) is 11.8 Å². The summed E-state index contributed by atoms with van der Waals surface area (Å²) < 4.78 is 11.0. The minimum Gasteiger partial charge on any atom is -0.384 e. The summed E-state index contributed by atoms with van der Waals surface area (Å²) in [7, 11) is 1.73. The predicted octanol–water partition coefficient (Wildman–Crippen LogP) is 1.62. The third-order valence-electron chi connectivity index (χ3n) is 4.74. The van der Waals surface area contributed by atoms with Gasteiger partial charge in [0.2, 0.25) is 0 Å². The number of rotatable bonds is 4. The maximum absolute atomic E-state index is 12.4. The van der Waals surface area contributed by atoms with E-state index in [1.807, 2.05) is 4.90 Å². The van der Waals surface area contributed by atoms with Crippen LogP contribution in [0.25, 0.3) is 0 Å². The first-order valence-electron chi connectivity index (χ1n) is 7.94. The molecule has 0 aromatic heterocycles. The highest BCUT2D eigenvalue weighted by Crippen LogP contribution is 2.38. The SMILES string of the molecule is COC[C@@H]1CCCN(C(=O)N[C@H]2CCO[C@H]2C2CC2)C1. The zero-order valence-electron chi connectivity index (χ0n) is 12.3. The van der Waals surface area contributed by atoms with Gasteiger partial charge in [-0.3, -0.25) is 0 Å². The van der Waals surface area contributed by atoms with E-state index >= 15 is 0 Å². The number of ether oxygens (including phenoxy) is 2. The van der Waals surface area contributed by atoms with E-state index in [2.05, 4.69) is 5.32 Å². The molecule has 0 unspecified atom stereocenters. The molecule has 1 aliphatic carbocycles. The minimum atomic E-state index is 0.0898. The molecule has 0 aromatic rings. The molecule has 2 aliphatic heterocycles. The Kier molecular flexibility index (Phi) is 4.46. The molecule has 3 aliphatic rings. The van der Waals surface area contributed by atoms with Gasteiger partial charge in [-0.1, -0.05) is 0 Å². The summed E-state index contributed by atoms with van der Waals surface area (Å²) in [6.45, 7) is 3.23. The van der Waals surface area contributed by atoms with Crippen molar-refractivity contribution in [2.75, 3.05) is 33.4 Å². The zero-order valence-corrected chi connectivity index (χ0v) is 12.3. The molecule has 1 N–H and O–H groups in total. The Bertz CT molecular complexity index is 344. The van der Waals surface area contributed by atoms with Crippen LogP contribution >= 0.6 is 0 Å². The number of hydrogen-bond donors (Lipinski definition) is 1. The number of amides is 2. The lowest BCUT2D eigenvalue weighted by Gasteiger charge is -2.33. The molecule has 0 aromatic carbocycles. The molecule has 3 atom stereocenters. The van der Waals surface area contributed by atoms with Gasteiger partial charge in [0, 0.05) is 32.7 Å². The lowest BCUT2D eigenvalue weighted by Crippen LogP contribution is -2.51. The first-order valence-corrected chi connectivity index (χ1v) is 7.94. The van der Waals surface area contributed by atoms with E-state index in [9.17, 15) is 4.79 Å². The van der Waals surface area contributed by atoms with Gasteiger partial charge >= 0.3 is 6.03 Å². The third-order valence-corrected chi connectivity index (χ3v) is 4.74. The van der Waals surface area contributed by atoms with E-state index in [1.165, 1.54) is 12.8 Å². The molecular formula is C15H26N2O3. The number of methoxy groups -OCH3 is 1. The largest absolute Gasteiger partial charge is 0.384 e. The van der Waals surface area contributed by atoms with Crippen molar-refractivity contribution in [3.05, 3.63) is 0 Å². The van der Waals surface area contributed by atoms with Crippen LogP contribution in [0.5, 0.6) is 0 Å². The Hall–Kier alpha value is -0.810. The number of hydrogen-bond acceptors (Lipinski definition) is 3. The van der Waals surface area contributed by atoms with Crippen LogP contribution in [0.4, 0.5) is 4.79 Å². The van der Waals surface area contributed by atoms with Crippen LogP contribution in [0, 0.1) is 11.8 Å². The first kappa shape index (κ1) is 14.1. The van der Waals surface area contributed by atoms with Crippen molar-refractivity contribution in [2.45, 2.75) is 44.2 Å². The number of carbonyl (C=O) groups excluding carboxylic acids is 1. The number of nitrogens with one attached hydrogen (secondary N) is 1. The average Bonchev–Trinajstić information content (AvgIpc) is 3.20. The van der Waals surface area contributed by atoms with E-state index in [0.717, 1.165) is 45.6 Å². The van der Waals surface area contributed by atoms with Crippen molar-refractivity contribution in [2.24, 2.45) is 11.8 Å². The average molecular weight is 282 g/mol. The monoisotopic (exact) mass is 282 g/mol. The summed E-state index contributed by atoms with van der Waals surface area (Å²) in [5.74, 6) is 1.17. The first-order chi connectivity index (χ1) is 9.78. The summed E-state index contributed by atoms with van der Waals surface area (Å²) in [6, 6.07) is 0.310. The lowest BCUT2D eigenvalue weighted by atomic mass is 9.99. The fourth-order valence-electron chi connectivity index (χ4n) is 3.53. The van der Waals surface area contributed by atoms with Crippen LogP contribution in [-0.2, 0) is 9.47 Å². The summed E-state index contributed by atoms with van der Waals surface area (Å²) in [5.41, 5.74) is 0. The Morgan fingerprint density at radius 3 is 2.95 bits per heavy atom. The van der Waals surface area contributed by atoms with Crippen molar-refractivity contribution in [1.29, 1.82) is 0 Å². The Morgan fingerprint density at radius 2 is 2.20 bits per heavy atom. The van der Waals surface area contributed by atoms with Crippen LogP contribution < -0.4 is 5.32 Å². The molecule has 1 saturated carbocycles. The molecule has 3 rings (SSSR count). The molecule has 3 fully saturated rings. The molecule has 5 heteroatoms. The van der Waals surface area contributed by atoms with Gasteiger partial charge in [0.05, 0.1) is 18.8 Å². The maximum Gasteiger partial charge on any atom is 0.317 e. The minimum absolute atomic E-state index is 0.0898. The van der Waals surface area contributed by atoms with Crippen molar-refractivity contribution in [3.8, 4) is 0 Å². The summed E-state index contributed by atoms with van der Waals surface area (Å²) in [4.78, 5) is 14.4. The van der Waals surface area contributed by atoms with Gasteiger partial charge < -0.3 is 19.7 Å². The summed E-state index contributed by atoms with van der Waals surface area (Å²) in [6.07, 6.45) is 5.98. The maximum atomic E-state index is 12.4. The number of carbonyl (C=O) groups is 1. The van der Waals surface area contributed by atoms with Crippen molar-refractivity contribution in [3.63, 3.8) is 0 Å². The molecule has 114 valence electrons. The van der Waals surface area contributed by atoms with Crippen molar-refractivity contribution >= 4 is 6.03 Å². The third kappa shape index (κ3) is 3.26. The number of urea groups is 1. The van der Waals surface area contributed by atoms with Crippen LogP contribution in [0.2, 0.25) is 0 Å². The highest BCUT2D eigenvalue weighted by atomic mass is 16.5. The fraction of sp³-hybridized carbons (Fsp3) is 0.933. The second-order valence-corrected chi connectivity index (χ2v) is 6.43. The van der Waals surface area contributed by atoms with Gasteiger partial charge in [0.25, 0.3) is 0 Å². The van der Waals surface area contributed by atoms with E-state index in [4.69, 9.17) is 9.47 Å². The summed E-state index contributed by atoms with van der Waals surface area (Å²) >= 11 is 0. The van der Waals surface area contributed by atoms with E-state index < -0.39 is 0 Å². The van der Waals surface area contributed by atoms with Crippen LogP contribution in [0.1, 0.15) is 32.1 Å². The van der Waals surface area contributed by atoms with Crippen LogP contribution in [0.3, 0.4) is 0 Å². The quantitative estimate of drug-likeness (QED) is 0.852. The van der Waals surface area contributed by atoms with Gasteiger partial charge in [-0.2, -0.15) is 0 Å². The highest BCUT2D eigenvalue weighted by Gasteiger charge is 2.41. The molecular weight excluding hydrogens is 256 g/mol. The van der Waals surface area contributed by atoms with Gasteiger partial charge in [-0.15, -0.1) is 0 Å². The van der Waals surface area contributed by atoms with Crippen LogP contribution in [0.15, 0.2) is 0 Å². The number of likely N-dealkylation sites (tertiary alicyclic amines) is 1. The molecule has 2 heterocycles. The van der Waals surface area contributed by atoms with E-state index in [-0.39, 0.29) is 18.2 Å². The van der Waals surface area contributed by atoms with Gasteiger partial charge in [0.15, 0.2) is 0 Å².